The molecule has 0 fully saturated rings. The number of fused-ring (bicyclic) bond motifs is 1. The zero-order valence-electron chi connectivity index (χ0n) is 6.70. The summed E-state index contributed by atoms with van der Waals surface area (Å²) in [5.41, 5.74) is 1.75. The third-order valence-electron chi connectivity index (χ3n) is 1.77. The van der Waals surface area contributed by atoms with Crippen LogP contribution in [0.15, 0.2) is 22.6 Å². The predicted molar refractivity (Wildman–Crippen MR) is 49.3 cm³/mol. The molecule has 4 heteroatoms. The molecule has 3 nitrogen and oxygen atoms in total. The summed E-state index contributed by atoms with van der Waals surface area (Å²) >= 11 is 1.56. The van der Waals surface area contributed by atoms with Crippen LogP contribution in [0.1, 0.15) is 5.69 Å². The van der Waals surface area contributed by atoms with Crippen molar-refractivity contribution in [3.8, 4) is 0 Å². The molecule has 0 radical (unpaired) electrons. The minimum atomic E-state index is -0.166. The van der Waals surface area contributed by atoms with E-state index in [9.17, 15) is 4.79 Å². The Morgan fingerprint density at radius 2 is 2.50 bits per heavy atom. The molecule has 0 saturated carbocycles. The van der Waals surface area contributed by atoms with Crippen LogP contribution in [0.3, 0.4) is 0 Å². The van der Waals surface area contributed by atoms with Crippen molar-refractivity contribution in [2.45, 2.75) is 12.1 Å². The molecule has 12 heavy (non-hydrogen) atoms. The molecule has 0 spiro atoms. The van der Waals surface area contributed by atoms with Crippen LogP contribution in [-0.2, 0) is 0 Å². The van der Waals surface area contributed by atoms with Crippen molar-refractivity contribution in [3.05, 3.63) is 28.7 Å². The number of aryl methyl sites for hydroxylation is 1. The summed E-state index contributed by atoms with van der Waals surface area (Å²) in [6.45, 7) is 5.78. The van der Waals surface area contributed by atoms with Gasteiger partial charge in [-0.25, -0.2) is 0 Å². The summed E-state index contributed by atoms with van der Waals surface area (Å²) in [5.74, 6) is 0.831. The second-order valence-electron chi connectivity index (χ2n) is 2.71. The van der Waals surface area contributed by atoms with Crippen molar-refractivity contribution in [2.24, 2.45) is 0 Å². The Labute approximate surface area is 74.1 Å². The standard InChI is InChI=1S/C8H8N2OS/c1-5-3-7(11)9-8-10(5)6(2)4-12-8/h3H,2,4H2,1H3. The molecule has 1 aromatic heterocycles. The lowest BCUT2D eigenvalue weighted by atomic mass is 10.4. The third-order valence-corrected chi connectivity index (χ3v) is 2.78. The Kier molecular flexibility index (Phi) is 1.58. The monoisotopic (exact) mass is 180 g/mol. The summed E-state index contributed by atoms with van der Waals surface area (Å²) in [7, 11) is 0. The van der Waals surface area contributed by atoms with E-state index in [-0.39, 0.29) is 5.56 Å². The normalized spacial score (nSPS) is 14.9. The quantitative estimate of drug-likeness (QED) is 0.561. The van der Waals surface area contributed by atoms with E-state index in [0.717, 1.165) is 22.3 Å². The van der Waals surface area contributed by atoms with Crippen LogP contribution in [-0.4, -0.2) is 15.3 Å². The van der Waals surface area contributed by atoms with E-state index in [4.69, 9.17) is 0 Å². The second-order valence-corrected chi connectivity index (χ2v) is 3.65. The molecule has 0 bridgehead atoms. The van der Waals surface area contributed by atoms with Gasteiger partial charge >= 0.3 is 0 Å². The van der Waals surface area contributed by atoms with Crippen molar-refractivity contribution in [2.75, 3.05) is 5.75 Å². The highest BCUT2D eigenvalue weighted by Gasteiger charge is 2.16. The number of thioether (sulfide) groups is 1. The van der Waals surface area contributed by atoms with Gasteiger partial charge in [0.25, 0.3) is 5.56 Å². The zero-order valence-corrected chi connectivity index (χ0v) is 7.52. The van der Waals surface area contributed by atoms with Crippen LogP contribution in [0.5, 0.6) is 0 Å². The summed E-state index contributed by atoms with van der Waals surface area (Å²) < 4.78 is 1.92. The Hall–Kier alpha value is -1.03. The van der Waals surface area contributed by atoms with E-state index in [2.05, 4.69) is 11.6 Å². The average molecular weight is 180 g/mol. The molecule has 1 aromatic rings. The largest absolute Gasteiger partial charge is 0.297 e. The molecule has 0 amide bonds. The number of hydrogen-bond acceptors (Lipinski definition) is 3. The maximum absolute atomic E-state index is 11.0. The highest BCUT2D eigenvalue weighted by Crippen LogP contribution is 2.29. The lowest BCUT2D eigenvalue weighted by Gasteiger charge is -2.05. The number of aromatic nitrogens is 2. The molecule has 0 N–H and O–H groups in total. The lowest BCUT2D eigenvalue weighted by Crippen LogP contribution is -2.12. The molecule has 0 atom stereocenters. The van der Waals surface area contributed by atoms with E-state index in [1.165, 1.54) is 6.07 Å². The van der Waals surface area contributed by atoms with E-state index >= 15 is 0 Å². The molecular weight excluding hydrogens is 172 g/mol. The summed E-state index contributed by atoms with van der Waals surface area (Å²) in [4.78, 5) is 14.9. The summed E-state index contributed by atoms with van der Waals surface area (Å²) in [6, 6.07) is 1.53. The molecule has 1 aliphatic heterocycles. The van der Waals surface area contributed by atoms with Gasteiger partial charge in [-0.3, -0.25) is 9.36 Å². The first kappa shape index (κ1) is 7.61. The Balaban J connectivity index is 2.76. The van der Waals surface area contributed by atoms with E-state index in [0.29, 0.717) is 0 Å². The number of rotatable bonds is 0. The fourth-order valence-corrected chi connectivity index (χ4v) is 2.25. The molecule has 0 saturated heterocycles. The first-order chi connectivity index (χ1) is 5.68. The van der Waals surface area contributed by atoms with E-state index < -0.39 is 0 Å². The molecule has 2 rings (SSSR count). The average Bonchev–Trinajstić information content (AvgIpc) is 2.31. The van der Waals surface area contributed by atoms with Crippen molar-refractivity contribution >= 4 is 17.5 Å². The first-order valence-corrected chi connectivity index (χ1v) is 4.59. The van der Waals surface area contributed by atoms with Crippen molar-refractivity contribution in [3.63, 3.8) is 0 Å². The number of hydrogen-bond donors (Lipinski definition) is 0. The van der Waals surface area contributed by atoms with Crippen molar-refractivity contribution in [1.82, 2.24) is 9.55 Å². The molecule has 62 valence electrons. The van der Waals surface area contributed by atoms with Gasteiger partial charge in [-0.1, -0.05) is 18.3 Å². The first-order valence-electron chi connectivity index (χ1n) is 3.60. The smallest absolute Gasteiger partial charge is 0.273 e. The van der Waals surface area contributed by atoms with Crippen LogP contribution in [0.2, 0.25) is 0 Å². The van der Waals surface area contributed by atoms with Crippen LogP contribution < -0.4 is 5.56 Å². The van der Waals surface area contributed by atoms with Crippen molar-refractivity contribution in [1.29, 1.82) is 0 Å². The van der Waals surface area contributed by atoms with Crippen LogP contribution in [0.4, 0.5) is 0 Å². The Bertz CT molecular complexity index is 408. The van der Waals surface area contributed by atoms with Crippen LogP contribution in [0.25, 0.3) is 5.70 Å². The minimum Gasteiger partial charge on any atom is -0.297 e. The minimum absolute atomic E-state index is 0.166. The van der Waals surface area contributed by atoms with Gasteiger partial charge in [0.2, 0.25) is 0 Å². The predicted octanol–water partition coefficient (Wildman–Crippen LogP) is 1.13. The summed E-state index contributed by atoms with van der Waals surface area (Å²) in [6.07, 6.45) is 0. The lowest BCUT2D eigenvalue weighted by molar-refractivity contribution is 0.811. The van der Waals surface area contributed by atoms with Gasteiger partial charge in [0, 0.05) is 23.2 Å². The van der Waals surface area contributed by atoms with Crippen LogP contribution >= 0.6 is 11.8 Å². The van der Waals surface area contributed by atoms with Gasteiger partial charge in [0.1, 0.15) is 0 Å². The van der Waals surface area contributed by atoms with Gasteiger partial charge in [0.05, 0.1) is 0 Å². The molecule has 2 heterocycles. The zero-order chi connectivity index (χ0) is 8.72. The molecule has 1 aliphatic rings. The fraction of sp³-hybridized carbons (Fsp3) is 0.250. The highest BCUT2D eigenvalue weighted by molar-refractivity contribution is 7.99. The van der Waals surface area contributed by atoms with Gasteiger partial charge in [-0.15, -0.1) is 0 Å². The SMILES string of the molecule is C=C1CSc2nc(=O)cc(C)n21. The maximum atomic E-state index is 11.0. The highest BCUT2D eigenvalue weighted by atomic mass is 32.2. The van der Waals surface area contributed by atoms with E-state index in [1.807, 2.05) is 11.5 Å². The fourth-order valence-electron chi connectivity index (χ4n) is 1.26. The molecule has 0 aliphatic carbocycles. The van der Waals surface area contributed by atoms with Gasteiger partial charge in [-0.2, -0.15) is 4.98 Å². The molecular formula is C8H8N2OS. The van der Waals surface area contributed by atoms with Crippen LogP contribution in [0, 0.1) is 6.92 Å². The van der Waals surface area contributed by atoms with E-state index in [1.54, 1.807) is 11.8 Å². The van der Waals surface area contributed by atoms with Gasteiger partial charge in [0.15, 0.2) is 5.16 Å². The maximum Gasteiger partial charge on any atom is 0.273 e. The summed E-state index contributed by atoms with van der Waals surface area (Å²) in [5, 5.41) is 0.769. The second kappa shape index (κ2) is 2.48. The number of nitrogens with zero attached hydrogens (tertiary/aromatic N) is 2. The third kappa shape index (κ3) is 0.992. The Morgan fingerprint density at radius 3 is 3.25 bits per heavy atom. The molecule has 0 unspecified atom stereocenters. The Morgan fingerprint density at radius 1 is 1.75 bits per heavy atom. The topological polar surface area (TPSA) is 34.9 Å². The van der Waals surface area contributed by atoms with Gasteiger partial charge < -0.3 is 0 Å². The van der Waals surface area contributed by atoms with Crippen molar-refractivity contribution < 1.29 is 0 Å². The molecule has 0 aromatic carbocycles. The van der Waals surface area contributed by atoms with Gasteiger partial charge in [-0.05, 0) is 6.92 Å².